The molecule has 0 radical (unpaired) electrons. The molecular weight excluding hydrogens is 1010 g/mol. The summed E-state index contributed by atoms with van der Waals surface area (Å²) in [6.07, 6.45) is 0. The van der Waals surface area contributed by atoms with Gasteiger partial charge in [-0.3, -0.25) is 0 Å². The fraction of sp³-hybridized carbons (Fsp3) is 0.0127. The van der Waals surface area contributed by atoms with Crippen molar-refractivity contribution in [3.8, 4) is 66.8 Å². The third kappa shape index (κ3) is 8.97. The van der Waals surface area contributed by atoms with Crippen molar-refractivity contribution >= 4 is 45.7 Å². The minimum absolute atomic E-state index is 0.640. The minimum Gasteiger partial charge on any atom is -0.309 e. The maximum absolute atomic E-state index is 7.24. The molecule has 0 fully saturated rings. The van der Waals surface area contributed by atoms with E-state index in [2.05, 4.69) is 337 Å². The van der Waals surface area contributed by atoms with Crippen LogP contribution < -0.4 is 9.80 Å². The number of rotatable bonds is 13. The lowest BCUT2D eigenvalue weighted by molar-refractivity contribution is 0.768. The van der Waals surface area contributed by atoms with Gasteiger partial charge in [-0.2, -0.15) is 0 Å². The largest absolute Gasteiger partial charge is 0.309 e. The first-order valence-electron chi connectivity index (χ1n) is 28.0. The van der Waals surface area contributed by atoms with Crippen LogP contribution >= 0.6 is 11.6 Å². The molecule has 3 heteroatoms. The number of benzene rings is 13. The van der Waals surface area contributed by atoms with Crippen molar-refractivity contribution in [3.05, 3.63) is 361 Å². The second kappa shape index (κ2) is 21.8. The summed E-state index contributed by atoms with van der Waals surface area (Å²) in [5.74, 6) is 0. The number of fused-ring (bicyclic) bond motifs is 3. The first kappa shape index (κ1) is 50.0. The van der Waals surface area contributed by atoms with E-state index < -0.39 is 5.41 Å². The van der Waals surface area contributed by atoms with E-state index in [0.29, 0.717) is 5.02 Å². The fourth-order valence-corrected chi connectivity index (χ4v) is 12.8. The first-order valence-corrected chi connectivity index (χ1v) is 28.4. The molecule has 1 aliphatic rings. The number of hydrogen-bond acceptors (Lipinski definition) is 2. The van der Waals surface area contributed by atoms with E-state index in [-0.39, 0.29) is 0 Å². The lowest BCUT2D eigenvalue weighted by Crippen LogP contribution is -2.29. The predicted octanol–water partition coefficient (Wildman–Crippen LogP) is 22.0. The molecule has 0 spiro atoms. The maximum atomic E-state index is 7.24. The first-order chi connectivity index (χ1) is 40.6. The van der Waals surface area contributed by atoms with Gasteiger partial charge in [-0.15, -0.1) is 0 Å². The van der Waals surface area contributed by atoms with E-state index in [1.54, 1.807) is 0 Å². The predicted molar refractivity (Wildman–Crippen MR) is 345 cm³/mol. The smallest absolute Gasteiger partial charge is 0.0715 e. The van der Waals surface area contributed by atoms with Crippen LogP contribution in [0.1, 0.15) is 22.3 Å². The molecule has 2 nitrogen and oxygen atoms in total. The summed E-state index contributed by atoms with van der Waals surface area (Å²) < 4.78 is 0. The Bertz CT molecular complexity index is 4210. The summed E-state index contributed by atoms with van der Waals surface area (Å²) in [6, 6.07) is 121. The molecule has 0 aromatic heterocycles. The van der Waals surface area contributed by atoms with Crippen molar-refractivity contribution in [2.75, 3.05) is 9.80 Å². The van der Waals surface area contributed by atoms with Gasteiger partial charge in [0.1, 0.15) is 0 Å². The van der Waals surface area contributed by atoms with Crippen molar-refractivity contribution in [1.82, 2.24) is 0 Å². The van der Waals surface area contributed by atoms with Gasteiger partial charge in [-0.05, 0) is 115 Å². The van der Waals surface area contributed by atoms with Gasteiger partial charge in [-0.25, -0.2) is 0 Å². The van der Waals surface area contributed by atoms with Crippen LogP contribution in [0.25, 0.3) is 66.8 Å². The van der Waals surface area contributed by atoms with Crippen molar-refractivity contribution in [3.63, 3.8) is 0 Å². The average molecular weight is 1070 g/mol. The number of anilines is 6. The maximum Gasteiger partial charge on any atom is 0.0715 e. The molecular formula is C79H55ClN2. The molecule has 0 unspecified atom stereocenters. The minimum atomic E-state index is -0.787. The Morgan fingerprint density at radius 2 is 0.561 bits per heavy atom. The number of halogens is 1. The highest BCUT2D eigenvalue weighted by Crippen LogP contribution is 2.59. The Labute approximate surface area is 485 Å². The Morgan fingerprint density at radius 1 is 0.220 bits per heavy atom. The van der Waals surface area contributed by atoms with E-state index in [0.717, 1.165) is 95.3 Å². The summed E-state index contributed by atoms with van der Waals surface area (Å²) >= 11 is 7.24. The summed E-state index contributed by atoms with van der Waals surface area (Å²) in [4.78, 5) is 4.99. The van der Waals surface area contributed by atoms with Crippen LogP contribution in [0.15, 0.2) is 334 Å². The molecule has 1 aliphatic carbocycles. The highest BCUT2D eigenvalue weighted by Gasteiger charge is 2.47. The van der Waals surface area contributed by atoms with Crippen molar-refractivity contribution < 1.29 is 0 Å². The molecule has 82 heavy (non-hydrogen) atoms. The quantitative estimate of drug-likeness (QED) is 0.114. The number of nitrogens with zero attached hydrogens (tertiary/aromatic N) is 2. The molecule has 0 aliphatic heterocycles. The second-order valence-electron chi connectivity index (χ2n) is 20.9. The molecule has 0 N–H and O–H groups in total. The van der Waals surface area contributed by atoms with Crippen LogP contribution in [0, 0.1) is 0 Å². The standard InChI is InChI=1S/C79H55ClN2/c80-64-38-23-39-66(54-64)82(78-71(60-32-13-4-14-33-60)44-25-45-72(78)61-34-15-5-16-35-61)68-53-63(79(62-36-17-6-18-37-62)75-46-21-19-40-73(75)74-41-20-22-47-76(74)79)52-67(55-68)81(65-50-48-57(49-51-65)56-26-7-1-8-27-56)77-69(58-28-9-2-10-29-58)42-24-43-70(77)59-30-11-3-12-31-59/h1-55H. The van der Waals surface area contributed by atoms with Gasteiger partial charge in [-0.1, -0.05) is 297 Å². The van der Waals surface area contributed by atoms with Gasteiger partial charge in [0.2, 0.25) is 0 Å². The summed E-state index contributed by atoms with van der Waals surface area (Å²) in [7, 11) is 0. The molecule has 13 aromatic rings. The van der Waals surface area contributed by atoms with Crippen LogP contribution in [0.5, 0.6) is 0 Å². The zero-order chi connectivity index (χ0) is 54.8. The Balaban J connectivity index is 1.17. The summed E-state index contributed by atoms with van der Waals surface area (Å²) in [6.45, 7) is 0. The normalized spacial score (nSPS) is 12.1. The van der Waals surface area contributed by atoms with Crippen molar-refractivity contribution in [1.29, 1.82) is 0 Å². The van der Waals surface area contributed by atoms with Crippen molar-refractivity contribution in [2.45, 2.75) is 5.41 Å². The fourth-order valence-electron chi connectivity index (χ4n) is 12.6. The zero-order valence-electron chi connectivity index (χ0n) is 45.0. The van der Waals surface area contributed by atoms with Crippen LogP contribution in [0.4, 0.5) is 34.1 Å². The van der Waals surface area contributed by atoms with Gasteiger partial charge in [0.25, 0.3) is 0 Å². The Morgan fingerprint density at radius 3 is 0.988 bits per heavy atom. The topological polar surface area (TPSA) is 6.48 Å². The Hall–Kier alpha value is -10.3. The lowest BCUT2D eigenvalue weighted by Gasteiger charge is -2.38. The van der Waals surface area contributed by atoms with E-state index in [9.17, 15) is 0 Å². The molecule has 0 atom stereocenters. The number of para-hydroxylation sites is 2. The molecule has 0 amide bonds. The average Bonchev–Trinajstić information content (AvgIpc) is 1.97. The lowest BCUT2D eigenvalue weighted by atomic mass is 9.67. The van der Waals surface area contributed by atoms with E-state index >= 15 is 0 Å². The third-order valence-corrected chi connectivity index (χ3v) is 16.4. The monoisotopic (exact) mass is 1070 g/mol. The SMILES string of the molecule is Clc1cccc(N(c2cc(N(c3ccc(-c4ccccc4)cc3)c3c(-c4ccccc4)cccc3-c3ccccc3)cc(C3(c4ccccc4)c4ccccc4-c4ccccc43)c2)c2c(-c3ccccc3)cccc2-c2ccccc2)c1. The Kier molecular flexibility index (Phi) is 13.3. The van der Waals surface area contributed by atoms with Gasteiger partial charge < -0.3 is 9.80 Å². The zero-order valence-corrected chi connectivity index (χ0v) is 45.8. The van der Waals surface area contributed by atoms with Crippen LogP contribution in [-0.2, 0) is 5.41 Å². The molecule has 0 heterocycles. The van der Waals surface area contributed by atoms with E-state index in [4.69, 9.17) is 11.6 Å². The molecule has 0 saturated heterocycles. The summed E-state index contributed by atoms with van der Waals surface area (Å²) in [5.41, 5.74) is 23.4. The highest BCUT2D eigenvalue weighted by atomic mass is 35.5. The van der Waals surface area contributed by atoms with E-state index in [1.165, 1.54) is 27.8 Å². The van der Waals surface area contributed by atoms with E-state index in [1.807, 2.05) is 6.07 Å². The van der Waals surface area contributed by atoms with Crippen molar-refractivity contribution in [2.24, 2.45) is 0 Å². The third-order valence-electron chi connectivity index (χ3n) is 16.2. The molecule has 13 aromatic carbocycles. The van der Waals surface area contributed by atoms with Crippen LogP contribution in [0.3, 0.4) is 0 Å². The van der Waals surface area contributed by atoms with Crippen LogP contribution in [0.2, 0.25) is 5.02 Å². The van der Waals surface area contributed by atoms with Gasteiger partial charge in [0, 0.05) is 50.0 Å². The highest BCUT2D eigenvalue weighted by molar-refractivity contribution is 6.31. The summed E-state index contributed by atoms with van der Waals surface area (Å²) in [5, 5.41) is 0.640. The molecule has 388 valence electrons. The molecule has 0 saturated carbocycles. The van der Waals surface area contributed by atoms with Gasteiger partial charge in [0.15, 0.2) is 0 Å². The second-order valence-corrected chi connectivity index (χ2v) is 21.3. The van der Waals surface area contributed by atoms with Gasteiger partial charge >= 0.3 is 0 Å². The molecule has 0 bridgehead atoms. The molecule has 14 rings (SSSR count). The van der Waals surface area contributed by atoms with Gasteiger partial charge in [0.05, 0.1) is 16.8 Å². The number of hydrogen-bond donors (Lipinski definition) is 0. The van der Waals surface area contributed by atoms with Crippen LogP contribution in [-0.4, -0.2) is 0 Å².